The van der Waals surface area contributed by atoms with E-state index in [1.165, 1.54) is 6.20 Å². The molecule has 106 valence electrons. The molecule has 0 spiro atoms. The molecule has 1 aromatic carbocycles. The Morgan fingerprint density at radius 2 is 1.95 bits per heavy atom. The van der Waals surface area contributed by atoms with E-state index in [2.05, 4.69) is 10.9 Å². The molecule has 0 unspecified atom stereocenters. The molecular weight excluding hydrogens is 266 g/mol. The number of aldehydes is 1. The first kappa shape index (κ1) is 14.8. The number of rotatable bonds is 5. The summed E-state index contributed by atoms with van der Waals surface area (Å²) in [6, 6.07) is 7.56. The molecule has 2 N–H and O–H groups in total. The van der Waals surface area contributed by atoms with Crippen LogP contribution in [0.3, 0.4) is 0 Å². The third kappa shape index (κ3) is 3.28. The number of aliphatic hydroxyl groups excluding tert-OH is 1. The Morgan fingerprint density at radius 3 is 2.52 bits per heavy atom. The number of aromatic nitrogens is 1. The number of aliphatic hydroxyl groups is 1. The highest BCUT2D eigenvalue weighted by Gasteiger charge is 2.13. The van der Waals surface area contributed by atoms with Crippen LogP contribution in [0.5, 0.6) is 5.75 Å². The van der Waals surface area contributed by atoms with Gasteiger partial charge in [0, 0.05) is 17.3 Å². The van der Waals surface area contributed by atoms with Crippen molar-refractivity contribution >= 4 is 6.29 Å². The van der Waals surface area contributed by atoms with Crippen molar-refractivity contribution in [3.05, 3.63) is 58.4 Å². The second-order valence-electron chi connectivity index (χ2n) is 4.61. The van der Waals surface area contributed by atoms with E-state index >= 15 is 0 Å². The maximum absolute atomic E-state index is 11.0. The monoisotopic (exact) mass is 281 g/mol. The Hall–Kier alpha value is -2.64. The fourth-order valence-corrected chi connectivity index (χ4v) is 2.06. The third-order valence-corrected chi connectivity index (χ3v) is 3.31. The SMILES string of the molecule is C#Cc1ccc(CCc2ncc(CO)c(C=O)c2O)cc1. The van der Waals surface area contributed by atoms with E-state index in [-0.39, 0.29) is 17.9 Å². The summed E-state index contributed by atoms with van der Waals surface area (Å²) >= 11 is 0. The van der Waals surface area contributed by atoms with Gasteiger partial charge in [0.25, 0.3) is 0 Å². The Labute approximate surface area is 123 Å². The average Bonchev–Trinajstić information content (AvgIpc) is 2.53. The summed E-state index contributed by atoms with van der Waals surface area (Å²) in [4.78, 5) is 15.1. The number of terminal acetylenes is 1. The van der Waals surface area contributed by atoms with E-state index in [0.29, 0.717) is 30.4 Å². The van der Waals surface area contributed by atoms with Crippen LogP contribution in [0.15, 0.2) is 30.5 Å². The summed E-state index contributed by atoms with van der Waals surface area (Å²) in [5.74, 6) is 2.39. The largest absolute Gasteiger partial charge is 0.505 e. The van der Waals surface area contributed by atoms with Gasteiger partial charge in [-0.05, 0) is 30.5 Å². The predicted octanol–water partition coefficient (Wildman–Crippen LogP) is 1.86. The maximum Gasteiger partial charge on any atom is 0.154 e. The van der Waals surface area contributed by atoms with Gasteiger partial charge in [-0.15, -0.1) is 6.42 Å². The summed E-state index contributed by atoms with van der Waals surface area (Å²) in [7, 11) is 0. The molecular formula is C17H15NO3. The number of hydrogen-bond donors (Lipinski definition) is 2. The van der Waals surface area contributed by atoms with Gasteiger partial charge < -0.3 is 10.2 Å². The normalized spacial score (nSPS) is 10.1. The van der Waals surface area contributed by atoms with Gasteiger partial charge in [-0.3, -0.25) is 9.78 Å². The van der Waals surface area contributed by atoms with Gasteiger partial charge in [-0.25, -0.2) is 0 Å². The zero-order valence-corrected chi connectivity index (χ0v) is 11.4. The second kappa shape index (κ2) is 6.69. The highest BCUT2D eigenvalue weighted by molar-refractivity contribution is 5.81. The first-order chi connectivity index (χ1) is 10.2. The molecule has 0 saturated heterocycles. The van der Waals surface area contributed by atoms with Gasteiger partial charge in [0.15, 0.2) is 6.29 Å². The van der Waals surface area contributed by atoms with Gasteiger partial charge in [0.2, 0.25) is 0 Å². The molecule has 2 rings (SSSR count). The number of carbonyl (C=O) groups is 1. The summed E-state index contributed by atoms with van der Waals surface area (Å²) in [6.45, 7) is -0.331. The summed E-state index contributed by atoms with van der Waals surface area (Å²) in [6.07, 6.45) is 8.41. The molecule has 1 heterocycles. The van der Waals surface area contributed by atoms with E-state index in [1.807, 2.05) is 24.3 Å². The van der Waals surface area contributed by atoms with Crippen molar-refractivity contribution in [3.8, 4) is 18.1 Å². The predicted molar refractivity (Wildman–Crippen MR) is 79.0 cm³/mol. The van der Waals surface area contributed by atoms with Crippen LogP contribution < -0.4 is 0 Å². The summed E-state index contributed by atoms with van der Waals surface area (Å²) in [5, 5.41) is 19.1. The molecule has 0 atom stereocenters. The van der Waals surface area contributed by atoms with Crippen LogP contribution >= 0.6 is 0 Å². The lowest BCUT2D eigenvalue weighted by Crippen LogP contribution is -2.02. The third-order valence-electron chi connectivity index (χ3n) is 3.31. The van der Waals surface area contributed by atoms with Crippen molar-refractivity contribution in [1.82, 2.24) is 4.98 Å². The van der Waals surface area contributed by atoms with E-state index in [9.17, 15) is 9.90 Å². The molecule has 0 aliphatic carbocycles. The minimum absolute atomic E-state index is 0.102. The van der Waals surface area contributed by atoms with Crippen molar-refractivity contribution in [2.75, 3.05) is 0 Å². The van der Waals surface area contributed by atoms with Gasteiger partial charge in [0.05, 0.1) is 17.9 Å². The van der Waals surface area contributed by atoms with Crippen molar-refractivity contribution in [3.63, 3.8) is 0 Å². The van der Waals surface area contributed by atoms with E-state index in [0.717, 1.165) is 11.1 Å². The zero-order valence-electron chi connectivity index (χ0n) is 11.4. The molecule has 21 heavy (non-hydrogen) atoms. The Morgan fingerprint density at radius 1 is 1.24 bits per heavy atom. The molecule has 0 fully saturated rings. The molecule has 0 radical (unpaired) electrons. The van der Waals surface area contributed by atoms with Gasteiger partial charge >= 0.3 is 0 Å². The maximum atomic E-state index is 11.0. The molecule has 4 heteroatoms. The minimum Gasteiger partial charge on any atom is -0.505 e. The first-order valence-corrected chi connectivity index (χ1v) is 6.51. The zero-order chi connectivity index (χ0) is 15.2. The van der Waals surface area contributed by atoms with Crippen molar-refractivity contribution in [2.45, 2.75) is 19.4 Å². The molecule has 0 bridgehead atoms. The lowest BCUT2D eigenvalue weighted by atomic mass is 10.0. The van der Waals surface area contributed by atoms with Crippen molar-refractivity contribution < 1.29 is 15.0 Å². The highest BCUT2D eigenvalue weighted by atomic mass is 16.3. The van der Waals surface area contributed by atoms with Crippen LogP contribution in [0.1, 0.15) is 32.7 Å². The van der Waals surface area contributed by atoms with Crippen LogP contribution in [0, 0.1) is 12.3 Å². The molecule has 0 aliphatic rings. The lowest BCUT2D eigenvalue weighted by Gasteiger charge is -2.09. The number of benzene rings is 1. The molecule has 0 aliphatic heterocycles. The average molecular weight is 281 g/mol. The summed E-state index contributed by atoms with van der Waals surface area (Å²) < 4.78 is 0. The van der Waals surface area contributed by atoms with E-state index < -0.39 is 0 Å². The Kier molecular flexibility index (Phi) is 4.70. The van der Waals surface area contributed by atoms with Crippen LogP contribution in [-0.4, -0.2) is 21.5 Å². The van der Waals surface area contributed by atoms with E-state index in [4.69, 9.17) is 11.5 Å². The van der Waals surface area contributed by atoms with Crippen LogP contribution in [0.25, 0.3) is 0 Å². The standard InChI is InChI=1S/C17H15NO3/c1-2-12-3-5-13(6-4-12)7-8-16-17(21)15(11-20)14(10-19)9-18-16/h1,3-6,9,11,19,21H,7-8,10H2. The number of aromatic hydroxyl groups is 1. The molecule has 0 saturated carbocycles. The number of nitrogens with zero attached hydrogens (tertiary/aromatic N) is 1. The Balaban J connectivity index is 2.16. The van der Waals surface area contributed by atoms with Crippen molar-refractivity contribution in [2.24, 2.45) is 0 Å². The smallest absolute Gasteiger partial charge is 0.154 e. The van der Waals surface area contributed by atoms with Crippen molar-refractivity contribution in [1.29, 1.82) is 0 Å². The summed E-state index contributed by atoms with van der Waals surface area (Å²) in [5.41, 5.74) is 2.74. The number of carbonyl (C=O) groups excluding carboxylic acids is 1. The number of pyridine rings is 1. The fraction of sp³-hybridized carbons (Fsp3) is 0.176. The molecule has 4 nitrogen and oxygen atoms in total. The molecule has 2 aromatic rings. The Bertz CT molecular complexity index is 684. The topological polar surface area (TPSA) is 70.4 Å². The van der Waals surface area contributed by atoms with E-state index in [1.54, 1.807) is 0 Å². The number of hydrogen-bond acceptors (Lipinski definition) is 4. The quantitative estimate of drug-likeness (QED) is 0.648. The van der Waals surface area contributed by atoms with Gasteiger partial charge in [0.1, 0.15) is 5.75 Å². The highest BCUT2D eigenvalue weighted by Crippen LogP contribution is 2.24. The molecule has 0 amide bonds. The van der Waals surface area contributed by atoms with Crippen LogP contribution in [-0.2, 0) is 19.4 Å². The fourth-order valence-electron chi connectivity index (χ4n) is 2.06. The lowest BCUT2D eigenvalue weighted by molar-refractivity contribution is 0.111. The molecule has 1 aromatic heterocycles. The van der Waals surface area contributed by atoms with Crippen LogP contribution in [0.4, 0.5) is 0 Å². The van der Waals surface area contributed by atoms with Gasteiger partial charge in [-0.1, -0.05) is 18.1 Å². The number of aryl methyl sites for hydroxylation is 2. The van der Waals surface area contributed by atoms with Gasteiger partial charge in [-0.2, -0.15) is 0 Å². The minimum atomic E-state index is -0.331. The second-order valence-corrected chi connectivity index (χ2v) is 4.61. The van der Waals surface area contributed by atoms with Crippen LogP contribution in [0.2, 0.25) is 0 Å². The first-order valence-electron chi connectivity index (χ1n) is 6.51.